The van der Waals surface area contributed by atoms with E-state index in [1.807, 2.05) is 0 Å². The molecule has 0 aliphatic carbocycles. The van der Waals surface area contributed by atoms with Gasteiger partial charge in [0.15, 0.2) is 0 Å². The van der Waals surface area contributed by atoms with Crippen molar-refractivity contribution >= 4 is 57.2 Å². The van der Waals surface area contributed by atoms with Gasteiger partial charge in [-0.05, 0) is 98.3 Å². The van der Waals surface area contributed by atoms with Gasteiger partial charge >= 0.3 is 0 Å². The molecule has 2 nitrogen and oxygen atoms in total. The van der Waals surface area contributed by atoms with E-state index in [9.17, 15) is 0 Å². The van der Waals surface area contributed by atoms with Crippen molar-refractivity contribution in [2.45, 2.75) is 57.8 Å². The maximum atomic E-state index is 2.60. The summed E-state index contributed by atoms with van der Waals surface area (Å²) in [6.07, 6.45) is 0. The lowest BCUT2D eigenvalue weighted by Gasteiger charge is -2.45. The average Bonchev–Trinajstić information content (AvgIpc) is 3.29. The van der Waals surface area contributed by atoms with Gasteiger partial charge in [-0.3, -0.25) is 0 Å². The van der Waals surface area contributed by atoms with Gasteiger partial charge in [0, 0.05) is 50.4 Å². The molecule has 0 amide bonds. The second kappa shape index (κ2) is 14.3. The quantitative estimate of drug-likeness (QED) is 0.142. The van der Waals surface area contributed by atoms with Crippen LogP contribution < -0.4 is 26.2 Å². The molecular formula is C57H51BN2. The molecule has 8 aromatic rings. The molecule has 0 atom stereocenters. The van der Waals surface area contributed by atoms with Crippen LogP contribution in [0.25, 0.3) is 0 Å². The molecule has 0 aromatic heterocycles. The van der Waals surface area contributed by atoms with Gasteiger partial charge in [0.2, 0.25) is 0 Å². The van der Waals surface area contributed by atoms with Gasteiger partial charge in [-0.25, -0.2) is 0 Å². The van der Waals surface area contributed by atoms with E-state index in [0.29, 0.717) is 0 Å². The zero-order chi connectivity index (χ0) is 41.2. The standard InChI is InChI=1S/C57H51BN2/c1-55(2,40-22-11-7-12-23-40)43-34-35-49-53(39-43)60(52-33-21-32-51-54(52)58(49)48-30-19-20-31-50(48)59(51)46-28-17-10-18-29-46)47-37-44(56(3,4)41-24-13-8-14-25-41)36-45(38-47)57(5,6)42-26-15-9-16-27-42/h7-39H,1-6H3. The van der Waals surface area contributed by atoms with Crippen molar-refractivity contribution in [3.63, 3.8) is 0 Å². The lowest BCUT2D eigenvalue weighted by atomic mass is 9.33. The molecule has 60 heavy (non-hydrogen) atoms. The van der Waals surface area contributed by atoms with Crippen molar-refractivity contribution < 1.29 is 0 Å². The largest absolute Gasteiger partial charge is 0.311 e. The first-order valence-corrected chi connectivity index (χ1v) is 21.4. The minimum absolute atomic E-state index is 0.0525. The van der Waals surface area contributed by atoms with E-state index in [-0.39, 0.29) is 23.0 Å². The lowest BCUT2D eigenvalue weighted by molar-refractivity contribution is 0.617. The maximum Gasteiger partial charge on any atom is 0.252 e. The predicted octanol–water partition coefficient (Wildman–Crippen LogP) is 12.7. The fourth-order valence-corrected chi connectivity index (χ4v) is 9.93. The Morgan fingerprint density at radius 3 is 1.25 bits per heavy atom. The van der Waals surface area contributed by atoms with E-state index in [4.69, 9.17) is 0 Å². The smallest absolute Gasteiger partial charge is 0.252 e. The molecule has 0 unspecified atom stereocenters. The van der Waals surface area contributed by atoms with Crippen LogP contribution in [0.4, 0.5) is 34.1 Å². The fourth-order valence-electron chi connectivity index (χ4n) is 9.93. The van der Waals surface area contributed by atoms with Crippen molar-refractivity contribution in [2.24, 2.45) is 0 Å². The molecule has 0 radical (unpaired) electrons. The summed E-state index contributed by atoms with van der Waals surface area (Å²) in [5.41, 5.74) is 18.2. The van der Waals surface area contributed by atoms with Crippen LogP contribution in [-0.4, -0.2) is 6.71 Å². The summed E-state index contributed by atoms with van der Waals surface area (Å²) in [4.78, 5) is 5.07. The molecule has 292 valence electrons. The molecule has 0 saturated carbocycles. The van der Waals surface area contributed by atoms with Gasteiger partial charge in [-0.1, -0.05) is 193 Å². The number of fused-ring (bicyclic) bond motifs is 4. The predicted molar refractivity (Wildman–Crippen MR) is 256 cm³/mol. The van der Waals surface area contributed by atoms with E-state index < -0.39 is 0 Å². The first kappa shape index (κ1) is 37.7. The Morgan fingerprint density at radius 1 is 0.300 bits per heavy atom. The Hall–Kier alpha value is -6.58. The van der Waals surface area contributed by atoms with Crippen molar-refractivity contribution in [3.8, 4) is 0 Å². The fraction of sp³-hybridized carbons (Fsp3) is 0.158. The summed E-state index contributed by atoms with van der Waals surface area (Å²) in [5, 5.41) is 0. The average molecular weight is 775 g/mol. The molecule has 0 spiro atoms. The highest BCUT2D eigenvalue weighted by molar-refractivity contribution is 7.00. The second-order valence-electron chi connectivity index (χ2n) is 18.2. The number of nitrogens with zero attached hydrogens (tertiary/aromatic N) is 2. The van der Waals surface area contributed by atoms with Gasteiger partial charge in [-0.15, -0.1) is 0 Å². The zero-order valence-corrected chi connectivity index (χ0v) is 35.5. The molecule has 2 aliphatic rings. The Bertz CT molecular complexity index is 2780. The third kappa shape index (κ3) is 6.02. The van der Waals surface area contributed by atoms with Gasteiger partial charge in [0.25, 0.3) is 6.71 Å². The highest BCUT2D eigenvalue weighted by Gasteiger charge is 2.44. The van der Waals surface area contributed by atoms with E-state index in [0.717, 1.165) is 5.69 Å². The Balaban J connectivity index is 1.28. The van der Waals surface area contributed by atoms with Crippen LogP contribution in [-0.2, 0) is 16.2 Å². The molecular weight excluding hydrogens is 723 g/mol. The Kier molecular flexibility index (Phi) is 8.99. The normalized spacial score (nSPS) is 13.4. The molecule has 10 rings (SSSR count). The Morgan fingerprint density at radius 2 is 0.717 bits per heavy atom. The van der Waals surface area contributed by atoms with Crippen LogP contribution in [0.2, 0.25) is 0 Å². The summed E-state index contributed by atoms with van der Waals surface area (Å²) in [6, 6.07) is 74.5. The maximum absolute atomic E-state index is 2.60. The number of rotatable bonds is 8. The topological polar surface area (TPSA) is 6.48 Å². The molecule has 2 heterocycles. The minimum atomic E-state index is -0.268. The first-order chi connectivity index (χ1) is 29.0. The molecule has 0 saturated heterocycles. The van der Waals surface area contributed by atoms with Crippen LogP contribution in [0.1, 0.15) is 74.9 Å². The first-order valence-electron chi connectivity index (χ1n) is 21.4. The number of hydrogen-bond donors (Lipinski definition) is 0. The van der Waals surface area contributed by atoms with Crippen molar-refractivity contribution in [3.05, 3.63) is 234 Å². The molecule has 0 fully saturated rings. The van der Waals surface area contributed by atoms with Crippen molar-refractivity contribution in [2.75, 3.05) is 9.80 Å². The highest BCUT2D eigenvalue weighted by atomic mass is 15.2. The van der Waals surface area contributed by atoms with Crippen molar-refractivity contribution in [1.82, 2.24) is 0 Å². The SMILES string of the molecule is CC(C)(c1ccccc1)c1cc(N2c3cc(C(C)(C)c4ccccc4)ccc3B3c4ccccc4N(c4ccccc4)c4cccc2c43)cc(C(C)(C)c2ccccc2)c1. The van der Waals surface area contributed by atoms with Gasteiger partial charge in [0.1, 0.15) is 0 Å². The van der Waals surface area contributed by atoms with Gasteiger partial charge in [0.05, 0.1) is 0 Å². The summed E-state index contributed by atoms with van der Waals surface area (Å²) in [5.74, 6) is 0. The zero-order valence-electron chi connectivity index (χ0n) is 35.5. The monoisotopic (exact) mass is 774 g/mol. The van der Waals surface area contributed by atoms with Gasteiger partial charge in [-0.2, -0.15) is 0 Å². The van der Waals surface area contributed by atoms with Gasteiger partial charge < -0.3 is 9.80 Å². The number of anilines is 6. The summed E-state index contributed by atoms with van der Waals surface area (Å²) in [7, 11) is 0. The molecule has 3 heteroatoms. The van der Waals surface area contributed by atoms with E-state index >= 15 is 0 Å². The number of hydrogen-bond acceptors (Lipinski definition) is 2. The Labute approximate surface area is 356 Å². The summed E-state index contributed by atoms with van der Waals surface area (Å²) < 4.78 is 0. The van der Waals surface area contributed by atoms with E-state index in [1.165, 1.54) is 78.2 Å². The van der Waals surface area contributed by atoms with Crippen LogP contribution in [0.5, 0.6) is 0 Å². The summed E-state index contributed by atoms with van der Waals surface area (Å²) >= 11 is 0. The third-order valence-corrected chi connectivity index (χ3v) is 13.7. The number of benzene rings is 8. The van der Waals surface area contributed by atoms with Crippen LogP contribution in [0.15, 0.2) is 200 Å². The second-order valence-corrected chi connectivity index (χ2v) is 18.2. The molecule has 0 bridgehead atoms. The molecule has 2 aliphatic heterocycles. The highest BCUT2D eigenvalue weighted by Crippen LogP contribution is 2.47. The van der Waals surface area contributed by atoms with E-state index in [1.54, 1.807) is 0 Å². The van der Waals surface area contributed by atoms with Crippen molar-refractivity contribution in [1.29, 1.82) is 0 Å². The van der Waals surface area contributed by atoms with Crippen LogP contribution in [0, 0.1) is 0 Å². The summed E-state index contributed by atoms with van der Waals surface area (Å²) in [6.45, 7) is 14.3. The van der Waals surface area contributed by atoms with Crippen LogP contribution >= 0.6 is 0 Å². The van der Waals surface area contributed by atoms with Crippen LogP contribution in [0.3, 0.4) is 0 Å². The number of para-hydroxylation sites is 2. The minimum Gasteiger partial charge on any atom is -0.311 e. The lowest BCUT2D eigenvalue weighted by Crippen LogP contribution is -2.61. The molecule has 0 N–H and O–H groups in total. The third-order valence-electron chi connectivity index (χ3n) is 13.7. The van der Waals surface area contributed by atoms with E-state index in [2.05, 4.69) is 252 Å². The molecule has 8 aromatic carbocycles.